The third-order valence-electron chi connectivity index (χ3n) is 4.17. The van der Waals surface area contributed by atoms with Crippen molar-refractivity contribution in [2.45, 2.75) is 19.3 Å². The molecule has 1 aliphatic heterocycles. The van der Waals surface area contributed by atoms with Gasteiger partial charge in [-0.1, -0.05) is 18.2 Å². The van der Waals surface area contributed by atoms with Crippen LogP contribution in [0.3, 0.4) is 0 Å². The lowest BCUT2D eigenvalue weighted by Crippen LogP contribution is -2.33. The van der Waals surface area contributed by atoms with Gasteiger partial charge in [-0.15, -0.1) is 0 Å². The summed E-state index contributed by atoms with van der Waals surface area (Å²) in [5.74, 6) is 0.172. The zero-order valence-corrected chi connectivity index (χ0v) is 13.0. The molecule has 0 aliphatic carbocycles. The Balaban J connectivity index is 1.58. The van der Waals surface area contributed by atoms with Gasteiger partial charge in [0, 0.05) is 6.54 Å². The van der Waals surface area contributed by atoms with Gasteiger partial charge in [-0.3, -0.25) is 4.79 Å². The van der Waals surface area contributed by atoms with Crippen LogP contribution in [-0.2, 0) is 0 Å². The molecule has 0 radical (unpaired) electrons. The lowest BCUT2D eigenvalue weighted by molar-refractivity contribution is 0.0942. The molecule has 23 heavy (non-hydrogen) atoms. The van der Waals surface area contributed by atoms with E-state index in [0.717, 1.165) is 25.2 Å². The molecule has 1 aromatic carbocycles. The van der Waals surface area contributed by atoms with E-state index in [9.17, 15) is 9.90 Å². The molecule has 2 heterocycles. The first kappa shape index (κ1) is 15.6. The number of carbonyl (C=O) groups is 1. The van der Waals surface area contributed by atoms with Gasteiger partial charge in [-0.25, -0.2) is 4.68 Å². The smallest absolute Gasteiger partial charge is 0.275 e. The Labute approximate surface area is 135 Å². The minimum Gasteiger partial charge on any atom is -0.504 e. The highest BCUT2D eigenvalue weighted by Gasteiger charge is 2.18. The molecule has 0 bridgehead atoms. The van der Waals surface area contributed by atoms with Crippen LogP contribution in [0.5, 0.6) is 5.75 Å². The molecule has 1 amide bonds. The molecule has 6 nitrogen and oxygen atoms in total. The second-order valence-corrected chi connectivity index (χ2v) is 5.90. The first-order valence-corrected chi connectivity index (χ1v) is 8.07. The minimum absolute atomic E-state index is 0.0654. The maximum Gasteiger partial charge on any atom is 0.275 e. The zero-order chi connectivity index (χ0) is 16.1. The highest BCUT2D eigenvalue weighted by Crippen LogP contribution is 2.18. The molecular formula is C17H22N4O2. The van der Waals surface area contributed by atoms with E-state index in [1.54, 1.807) is 0 Å². The van der Waals surface area contributed by atoms with Crippen LogP contribution in [0.4, 0.5) is 0 Å². The number of nitrogens with one attached hydrogen (secondary N) is 2. The van der Waals surface area contributed by atoms with Crippen molar-refractivity contribution in [2.24, 2.45) is 5.92 Å². The van der Waals surface area contributed by atoms with Crippen molar-refractivity contribution in [3.63, 3.8) is 0 Å². The monoisotopic (exact) mass is 314 g/mol. The molecule has 1 aliphatic rings. The summed E-state index contributed by atoms with van der Waals surface area (Å²) in [6.45, 7) is 2.71. The van der Waals surface area contributed by atoms with Gasteiger partial charge in [0.25, 0.3) is 5.91 Å². The van der Waals surface area contributed by atoms with Gasteiger partial charge in [0.2, 0.25) is 0 Å². The quantitative estimate of drug-likeness (QED) is 0.785. The number of rotatable bonds is 5. The molecule has 1 aromatic heterocycles. The van der Waals surface area contributed by atoms with Gasteiger partial charge in [-0.05, 0) is 50.4 Å². The number of hydrogen-bond donors (Lipinski definition) is 3. The Morgan fingerprint density at radius 3 is 2.96 bits per heavy atom. The summed E-state index contributed by atoms with van der Waals surface area (Å²) in [6.07, 6.45) is 4.80. The summed E-state index contributed by atoms with van der Waals surface area (Å²) >= 11 is 0. The van der Waals surface area contributed by atoms with Crippen LogP contribution in [0.15, 0.2) is 36.5 Å². The average molecular weight is 314 g/mol. The number of benzene rings is 1. The van der Waals surface area contributed by atoms with E-state index in [1.165, 1.54) is 23.7 Å². The molecule has 0 spiro atoms. The van der Waals surface area contributed by atoms with E-state index < -0.39 is 0 Å². The van der Waals surface area contributed by atoms with Gasteiger partial charge >= 0.3 is 0 Å². The van der Waals surface area contributed by atoms with Crippen LogP contribution >= 0.6 is 0 Å². The fourth-order valence-corrected chi connectivity index (χ4v) is 2.88. The molecule has 1 saturated heterocycles. The number of amides is 1. The summed E-state index contributed by atoms with van der Waals surface area (Å²) in [5, 5.41) is 20.4. The SMILES string of the molecule is O=C(NCCC1CCCNC1)c1nn(-c2ccccc2)cc1O. The fourth-order valence-electron chi connectivity index (χ4n) is 2.88. The van der Waals surface area contributed by atoms with Crippen LogP contribution in [0, 0.1) is 5.92 Å². The molecule has 6 heteroatoms. The molecule has 122 valence electrons. The van der Waals surface area contributed by atoms with E-state index in [0.29, 0.717) is 12.5 Å². The van der Waals surface area contributed by atoms with Crippen molar-refractivity contribution < 1.29 is 9.90 Å². The van der Waals surface area contributed by atoms with Crippen molar-refractivity contribution >= 4 is 5.91 Å². The third-order valence-corrected chi connectivity index (χ3v) is 4.17. The zero-order valence-electron chi connectivity index (χ0n) is 13.0. The predicted octanol–water partition coefficient (Wildman–Crippen LogP) is 1.70. The van der Waals surface area contributed by atoms with Crippen LogP contribution in [0.1, 0.15) is 29.8 Å². The van der Waals surface area contributed by atoms with E-state index in [2.05, 4.69) is 15.7 Å². The summed E-state index contributed by atoms with van der Waals surface area (Å²) in [7, 11) is 0. The van der Waals surface area contributed by atoms with Crippen molar-refractivity contribution in [1.29, 1.82) is 0 Å². The molecular weight excluding hydrogens is 292 g/mol. The number of nitrogens with zero attached hydrogens (tertiary/aromatic N) is 2. The lowest BCUT2D eigenvalue weighted by Gasteiger charge is -2.22. The van der Waals surface area contributed by atoms with Crippen LogP contribution in [-0.4, -0.2) is 40.4 Å². The average Bonchev–Trinajstić information content (AvgIpc) is 2.98. The van der Waals surface area contributed by atoms with Crippen molar-refractivity contribution in [2.75, 3.05) is 19.6 Å². The Morgan fingerprint density at radius 2 is 2.22 bits per heavy atom. The summed E-state index contributed by atoms with van der Waals surface area (Å²) in [4.78, 5) is 12.2. The highest BCUT2D eigenvalue weighted by molar-refractivity contribution is 5.94. The van der Waals surface area contributed by atoms with Gasteiger partial charge in [0.1, 0.15) is 0 Å². The molecule has 2 aromatic rings. The first-order valence-electron chi connectivity index (χ1n) is 8.07. The molecule has 1 atom stereocenters. The topological polar surface area (TPSA) is 79.2 Å². The number of piperidine rings is 1. The summed E-state index contributed by atoms with van der Waals surface area (Å²) in [5.41, 5.74) is 0.866. The Bertz CT molecular complexity index is 648. The summed E-state index contributed by atoms with van der Waals surface area (Å²) < 4.78 is 1.51. The van der Waals surface area contributed by atoms with E-state index in [1.807, 2.05) is 30.3 Å². The number of para-hydroxylation sites is 1. The largest absolute Gasteiger partial charge is 0.504 e. The number of aromatic nitrogens is 2. The van der Waals surface area contributed by atoms with Crippen LogP contribution in [0.2, 0.25) is 0 Å². The standard InChI is InChI=1S/C17H22N4O2/c22-15-12-21(14-6-2-1-3-7-14)20-16(15)17(23)19-10-8-13-5-4-9-18-11-13/h1-3,6-7,12-13,18,22H,4-5,8-11H2,(H,19,23). The van der Waals surface area contributed by atoms with Gasteiger partial charge in [-0.2, -0.15) is 5.10 Å². The van der Waals surface area contributed by atoms with Gasteiger partial charge in [0.15, 0.2) is 11.4 Å². The maximum atomic E-state index is 12.2. The fraction of sp³-hybridized carbons (Fsp3) is 0.412. The third kappa shape index (κ3) is 3.90. The van der Waals surface area contributed by atoms with E-state index in [4.69, 9.17) is 0 Å². The van der Waals surface area contributed by atoms with Crippen molar-refractivity contribution in [3.8, 4) is 11.4 Å². The Kier molecular flexibility index (Phi) is 4.92. The Hall–Kier alpha value is -2.34. The number of hydrogen-bond acceptors (Lipinski definition) is 4. The molecule has 1 unspecified atom stereocenters. The Morgan fingerprint density at radius 1 is 1.39 bits per heavy atom. The molecule has 3 rings (SSSR count). The van der Waals surface area contributed by atoms with Gasteiger partial charge in [0.05, 0.1) is 11.9 Å². The maximum absolute atomic E-state index is 12.2. The van der Waals surface area contributed by atoms with E-state index in [-0.39, 0.29) is 17.4 Å². The van der Waals surface area contributed by atoms with E-state index >= 15 is 0 Å². The molecule has 1 fully saturated rings. The minimum atomic E-state index is -0.332. The number of aromatic hydroxyl groups is 1. The lowest BCUT2D eigenvalue weighted by atomic mass is 9.96. The van der Waals surface area contributed by atoms with Crippen molar-refractivity contribution in [1.82, 2.24) is 20.4 Å². The van der Waals surface area contributed by atoms with Gasteiger partial charge < -0.3 is 15.7 Å². The molecule has 3 N–H and O–H groups in total. The second kappa shape index (κ2) is 7.28. The first-order chi connectivity index (χ1) is 11.2. The second-order valence-electron chi connectivity index (χ2n) is 5.90. The normalized spacial score (nSPS) is 17.8. The van der Waals surface area contributed by atoms with Crippen LogP contribution in [0.25, 0.3) is 5.69 Å². The highest BCUT2D eigenvalue weighted by atomic mass is 16.3. The summed E-state index contributed by atoms with van der Waals surface area (Å²) in [6, 6.07) is 9.40. The molecule has 0 saturated carbocycles. The van der Waals surface area contributed by atoms with Crippen LogP contribution < -0.4 is 10.6 Å². The number of carbonyl (C=O) groups excluding carboxylic acids is 1. The van der Waals surface area contributed by atoms with Crippen molar-refractivity contribution in [3.05, 3.63) is 42.2 Å². The predicted molar refractivity (Wildman–Crippen MR) is 87.8 cm³/mol.